The zero-order valence-electron chi connectivity index (χ0n) is 8.04. The summed E-state index contributed by atoms with van der Waals surface area (Å²) in [5.41, 5.74) is 0. The first kappa shape index (κ1) is 140. The van der Waals surface area contributed by atoms with Crippen molar-refractivity contribution in [2.75, 3.05) is 0 Å². The van der Waals surface area contributed by atoms with Crippen LogP contribution >= 0.6 is 0 Å². The average molecular weight is 248 g/mol. The van der Waals surface area contributed by atoms with E-state index in [9.17, 15) is 0 Å². The van der Waals surface area contributed by atoms with Crippen molar-refractivity contribution in [3.8, 4) is 0 Å². The van der Waals surface area contributed by atoms with Crippen molar-refractivity contribution in [2.24, 2.45) is 0 Å². The molecule has 80 valence electrons. The van der Waals surface area contributed by atoms with E-state index < -0.39 is 0 Å². The van der Waals surface area contributed by atoms with Crippen LogP contribution in [0, 0.1) is 71.0 Å². The van der Waals surface area contributed by atoms with Gasteiger partial charge in [0.1, 0.15) is 0 Å². The van der Waals surface area contributed by atoms with Crippen molar-refractivity contribution < 1.29 is 17.1 Å². The first-order valence-corrected chi connectivity index (χ1v) is 1.34. The number of hydrogen-bond donors (Lipinski definition) is 2. The fraction of sp³-hybridized carbons (Fsp3) is 0. The second kappa shape index (κ2) is 179. The summed E-state index contributed by atoms with van der Waals surface area (Å²) < 4.78 is 0. The van der Waals surface area contributed by atoms with E-state index >= 15 is 0 Å². The maximum Gasteiger partial charge on any atom is 4.00 e. The molecule has 0 bridgehead atoms. The van der Waals surface area contributed by atoms with Gasteiger partial charge in [0.25, 0.3) is 0 Å². The van der Waals surface area contributed by atoms with E-state index in [4.69, 9.17) is 71.0 Å². The fourth-order valence-corrected chi connectivity index (χ4v) is 0. The standard InChI is InChI=1S/6CN.Fe.2H3N/c6*1-2;;;/h;;;;;;;2*1H3/q6*-1;+4;;/p+2. The van der Waals surface area contributed by atoms with Gasteiger partial charge in [-0.05, 0) is 0 Å². The third-order valence-electron chi connectivity index (χ3n) is 0. The zero-order chi connectivity index (χ0) is 12.0. The Morgan fingerprint density at radius 3 is 0.333 bits per heavy atom. The second-order valence-corrected chi connectivity index (χ2v) is 0. The average Bonchev–Trinajstić information content (AvgIpc) is 2.33. The summed E-state index contributed by atoms with van der Waals surface area (Å²) in [4.78, 5) is 0. The first-order valence-electron chi connectivity index (χ1n) is 1.34. The molecule has 0 amide bonds. The number of quaternary nitrogens is 2. The Morgan fingerprint density at radius 1 is 0.333 bits per heavy atom. The largest absolute Gasteiger partial charge is 4.00 e. The molecule has 9 heteroatoms. The van der Waals surface area contributed by atoms with Crippen molar-refractivity contribution >= 4 is 0 Å². The molecule has 0 aliphatic rings. The van der Waals surface area contributed by atoms with Gasteiger partial charge in [-0.1, -0.05) is 0 Å². The number of hydrogen-bond acceptors (Lipinski definition) is 6. The third kappa shape index (κ3) is 146. The minimum absolute atomic E-state index is 0. The zero-order valence-corrected chi connectivity index (χ0v) is 9.14. The molecule has 0 aromatic rings. The molecule has 0 fully saturated rings. The summed E-state index contributed by atoms with van der Waals surface area (Å²) in [6.45, 7) is 28.5. The van der Waals surface area contributed by atoms with Crippen LogP contribution in [0.4, 0.5) is 0 Å². The maximum atomic E-state index is 6.25. The molecule has 0 aromatic heterocycles. The molecule has 8 N–H and O–H groups in total. The molecule has 0 radical (unpaired) electrons. The van der Waals surface area contributed by atoms with Crippen LogP contribution in [0.15, 0.2) is 0 Å². The van der Waals surface area contributed by atoms with Gasteiger partial charge in [0.2, 0.25) is 0 Å². The third-order valence-corrected chi connectivity index (χ3v) is 0. The van der Waals surface area contributed by atoms with Crippen LogP contribution in [0.2, 0.25) is 0 Å². The molecule has 0 unspecified atom stereocenters. The van der Waals surface area contributed by atoms with Gasteiger partial charge in [-0.15, -0.1) is 0 Å². The summed E-state index contributed by atoms with van der Waals surface area (Å²) >= 11 is 0. The molecule has 15 heavy (non-hydrogen) atoms. The Hall–Kier alpha value is -2.62. The van der Waals surface area contributed by atoms with Gasteiger partial charge in [0.15, 0.2) is 0 Å². The summed E-state index contributed by atoms with van der Waals surface area (Å²) in [6, 6.07) is 0. The molecule has 0 saturated heterocycles. The normalized spacial score (nSPS) is 0.800. The molecule has 0 atom stereocenters. The summed E-state index contributed by atoms with van der Waals surface area (Å²) in [5.74, 6) is 0. The molecule has 0 aliphatic carbocycles. The van der Waals surface area contributed by atoms with Crippen molar-refractivity contribution in [1.29, 1.82) is 31.6 Å². The van der Waals surface area contributed by atoms with Crippen LogP contribution in [0.25, 0.3) is 0 Å². The molecule has 8 nitrogen and oxygen atoms in total. The number of nitrogens with zero attached hydrogens (tertiary/aromatic N) is 6. The van der Waals surface area contributed by atoms with E-state index in [1.165, 1.54) is 0 Å². The molecular weight excluding hydrogens is 240 g/mol. The van der Waals surface area contributed by atoms with Crippen molar-refractivity contribution in [2.45, 2.75) is 0 Å². The van der Waals surface area contributed by atoms with Crippen molar-refractivity contribution in [1.82, 2.24) is 12.3 Å². The topological polar surface area (TPSA) is 216 Å². The van der Waals surface area contributed by atoms with Crippen LogP contribution in [0.5, 0.6) is 0 Å². The minimum Gasteiger partial charge on any atom is -0.512 e. The van der Waals surface area contributed by atoms with Gasteiger partial charge in [-0.25, -0.2) is 0 Å². The molecule has 0 saturated carbocycles. The van der Waals surface area contributed by atoms with E-state index in [1.54, 1.807) is 0 Å². The second-order valence-electron chi connectivity index (χ2n) is 0. The van der Waals surface area contributed by atoms with Gasteiger partial charge >= 0.3 is 17.1 Å². The van der Waals surface area contributed by atoms with Crippen LogP contribution in [0.3, 0.4) is 0 Å². The van der Waals surface area contributed by atoms with Gasteiger partial charge < -0.3 is 83.3 Å². The van der Waals surface area contributed by atoms with Crippen LogP contribution < -0.4 is 12.3 Å². The van der Waals surface area contributed by atoms with Gasteiger partial charge in [-0.2, -0.15) is 0 Å². The Balaban J connectivity index is -0.00000000396. The molecular formula is C6H8FeN8. The maximum absolute atomic E-state index is 6.25. The molecule has 0 spiro atoms. The fourth-order valence-electron chi connectivity index (χ4n) is 0. The Bertz CT molecular complexity index is 94.2. The Labute approximate surface area is 101 Å². The molecule has 0 rings (SSSR count). The molecule has 0 heterocycles. The predicted molar refractivity (Wildman–Crippen MR) is 41.8 cm³/mol. The van der Waals surface area contributed by atoms with E-state index in [2.05, 4.69) is 0 Å². The summed E-state index contributed by atoms with van der Waals surface area (Å²) in [7, 11) is 0. The smallest absolute Gasteiger partial charge is 0.512 e. The van der Waals surface area contributed by atoms with E-state index in [0.29, 0.717) is 0 Å². The van der Waals surface area contributed by atoms with Gasteiger partial charge in [-0.3, -0.25) is 0 Å². The molecule has 0 aromatic carbocycles. The van der Waals surface area contributed by atoms with Crippen LogP contribution in [-0.2, 0) is 17.1 Å². The monoisotopic (exact) mass is 248 g/mol. The quantitative estimate of drug-likeness (QED) is 0.475. The summed E-state index contributed by atoms with van der Waals surface area (Å²) in [5, 5.41) is 37.5. The molecule has 0 aliphatic heterocycles. The number of rotatable bonds is 0. The Morgan fingerprint density at radius 2 is 0.333 bits per heavy atom. The first-order chi connectivity index (χ1) is 6.00. The van der Waals surface area contributed by atoms with Gasteiger partial charge in [0, 0.05) is 0 Å². The van der Waals surface area contributed by atoms with Crippen LogP contribution in [-0.4, -0.2) is 0 Å². The minimum atomic E-state index is 0. The van der Waals surface area contributed by atoms with Gasteiger partial charge in [0.05, 0.1) is 0 Å². The Kier molecular flexibility index (Phi) is 1670. The summed E-state index contributed by atoms with van der Waals surface area (Å²) in [6.07, 6.45) is 0. The van der Waals surface area contributed by atoms with E-state index in [1.807, 2.05) is 0 Å². The predicted octanol–water partition coefficient (Wildman–Crippen LogP) is 1.33. The van der Waals surface area contributed by atoms with E-state index in [0.717, 1.165) is 0 Å². The SMILES string of the molecule is [C-]#N.[C-]#N.[C-]#N.[C-]#N.[C-]#N.[C-]#N.[Fe+4].[NH4+].[NH4+]. The van der Waals surface area contributed by atoms with Crippen LogP contribution in [0.1, 0.15) is 0 Å². The van der Waals surface area contributed by atoms with Crippen molar-refractivity contribution in [3.63, 3.8) is 0 Å². The van der Waals surface area contributed by atoms with E-state index in [-0.39, 0.29) is 29.4 Å². The van der Waals surface area contributed by atoms with Crippen molar-refractivity contribution in [3.05, 3.63) is 39.4 Å².